The zero-order chi connectivity index (χ0) is 15.4. The molecule has 6 heteroatoms. The van der Waals surface area contributed by atoms with Gasteiger partial charge in [-0.15, -0.1) is 0 Å². The van der Waals surface area contributed by atoms with E-state index in [1.807, 2.05) is 12.1 Å². The lowest BCUT2D eigenvalue weighted by Crippen LogP contribution is -2.15. The first-order valence-electron chi connectivity index (χ1n) is 7.55. The first-order valence-corrected chi connectivity index (χ1v) is 9.03. The van der Waals surface area contributed by atoms with Crippen LogP contribution in [0.4, 0.5) is 5.95 Å². The zero-order valence-corrected chi connectivity index (χ0v) is 13.1. The molecule has 0 atom stereocenters. The number of hydrogen-bond donors (Lipinski definition) is 1. The van der Waals surface area contributed by atoms with Crippen LogP contribution in [0.25, 0.3) is 0 Å². The van der Waals surface area contributed by atoms with Crippen molar-refractivity contribution < 1.29 is 8.42 Å². The summed E-state index contributed by atoms with van der Waals surface area (Å²) >= 11 is 0. The highest BCUT2D eigenvalue weighted by atomic mass is 32.2. The van der Waals surface area contributed by atoms with E-state index < -0.39 is 10.0 Å². The number of hydrogen-bond acceptors (Lipinski definition) is 4. The van der Waals surface area contributed by atoms with Crippen LogP contribution in [0.15, 0.2) is 47.6 Å². The van der Waals surface area contributed by atoms with Crippen molar-refractivity contribution >= 4 is 16.0 Å². The lowest BCUT2D eigenvalue weighted by molar-refractivity contribution is 0.443. The fraction of sp³-hybridized carbons (Fsp3) is 0.375. The van der Waals surface area contributed by atoms with Crippen LogP contribution in [0.2, 0.25) is 0 Å². The molecule has 0 bridgehead atoms. The van der Waals surface area contributed by atoms with E-state index >= 15 is 0 Å². The van der Waals surface area contributed by atoms with E-state index in [0.717, 1.165) is 0 Å². The van der Waals surface area contributed by atoms with Gasteiger partial charge in [-0.1, -0.05) is 31.4 Å². The number of nitrogens with one attached hydrogen (secondary N) is 1. The summed E-state index contributed by atoms with van der Waals surface area (Å²) in [4.78, 5) is 7.99. The van der Waals surface area contributed by atoms with Gasteiger partial charge in [-0.2, -0.15) is 0 Å². The van der Waals surface area contributed by atoms with E-state index in [-0.39, 0.29) is 10.8 Å². The largest absolute Gasteiger partial charge is 0.264 e. The second-order valence-electron chi connectivity index (χ2n) is 5.58. The molecule has 5 nitrogen and oxygen atoms in total. The van der Waals surface area contributed by atoms with Gasteiger partial charge in [0, 0.05) is 12.4 Å². The summed E-state index contributed by atoms with van der Waals surface area (Å²) in [6, 6.07) is 8.81. The van der Waals surface area contributed by atoms with E-state index in [1.165, 1.54) is 50.1 Å². The Hall–Kier alpha value is -1.95. The highest BCUT2D eigenvalue weighted by molar-refractivity contribution is 7.92. The molecule has 1 saturated carbocycles. The van der Waals surface area contributed by atoms with Crippen LogP contribution in [-0.2, 0) is 10.0 Å². The fourth-order valence-electron chi connectivity index (χ4n) is 2.89. The molecule has 1 aliphatic carbocycles. The van der Waals surface area contributed by atoms with Crippen molar-refractivity contribution in [1.29, 1.82) is 0 Å². The number of nitrogens with zero attached hydrogens (tertiary/aromatic N) is 2. The summed E-state index contributed by atoms with van der Waals surface area (Å²) in [5, 5.41) is 0. The van der Waals surface area contributed by atoms with E-state index in [2.05, 4.69) is 14.7 Å². The van der Waals surface area contributed by atoms with Crippen molar-refractivity contribution in [3.63, 3.8) is 0 Å². The van der Waals surface area contributed by atoms with Crippen LogP contribution >= 0.6 is 0 Å². The molecule has 0 saturated heterocycles. The molecular formula is C16H19N3O2S. The summed E-state index contributed by atoms with van der Waals surface area (Å²) < 4.78 is 27.0. The predicted molar refractivity (Wildman–Crippen MR) is 85.1 cm³/mol. The molecule has 0 spiro atoms. The topological polar surface area (TPSA) is 72.0 Å². The Kier molecular flexibility index (Phi) is 4.38. The highest BCUT2D eigenvalue weighted by Crippen LogP contribution is 2.32. The van der Waals surface area contributed by atoms with Crippen LogP contribution < -0.4 is 4.72 Å². The number of aromatic nitrogens is 2. The first kappa shape index (κ1) is 15.0. The third-order valence-electron chi connectivity index (χ3n) is 4.06. The van der Waals surface area contributed by atoms with Crippen molar-refractivity contribution in [3.8, 4) is 0 Å². The Labute approximate surface area is 130 Å². The van der Waals surface area contributed by atoms with E-state index in [4.69, 9.17) is 0 Å². The third kappa shape index (κ3) is 3.44. The monoisotopic (exact) mass is 317 g/mol. The standard InChI is InChI=1S/C16H19N3O2S/c20-22(21,19-16-17-11-4-12-18-16)15-9-7-14(8-10-15)13-5-2-1-3-6-13/h4,7-13H,1-3,5-6H2,(H,17,18,19). The molecule has 22 heavy (non-hydrogen) atoms. The minimum absolute atomic E-state index is 0.0823. The molecule has 3 rings (SSSR count). The van der Waals surface area contributed by atoms with E-state index in [9.17, 15) is 8.42 Å². The summed E-state index contributed by atoms with van der Waals surface area (Å²) in [5.74, 6) is 0.648. The molecular weight excluding hydrogens is 298 g/mol. The summed E-state index contributed by atoms with van der Waals surface area (Å²) in [6.07, 6.45) is 9.22. The second-order valence-corrected chi connectivity index (χ2v) is 7.26. The molecule has 0 amide bonds. The maximum absolute atomic E-state index is 12.3. The van der Waals surface area contributed by atoms with Gasteiger partial charge in [-0.3, -0.25) is 0 Å². The van der Waals surface area contributed by atoms with Crippen molar-refractivity contribution in [2.24, 2.45) is 0 Å². The molecule has 116 valence electrons. The Morgan fingerprint density at radius 3 is 2.23 bits per heavy atom. The maximum Gasteiger partial charge on any atom is 0.264 e. The molecule has 0 unspecified atom stereocenters. The Bertz CT molecular complexity index is 709. The molecule has 1 aliphatic rings. The number of benzene rings is 1. The van der Waals surface area contributed by atoms with Crippen molar-refractivity contribution in [1.82, 2.24) is 9.97 Å². The Balaban J connectivity index is 1.76. The number of anilines is 1. The lowest BCUT2D eigenvalue weighted by Gasteiger charge is -2.22. The average Bonchev–Trinajstić information content (AvgIpc) is 2.56. The molecule has 1 N–H and O–H groups in total. The average molecular weight is 317 g/mol. The van der Waals surface area contributed by atoms with Gasteiger partial charge in [-0.05, 0) is 42.5 Å². The first-order chi connectivity index (χ1) is 10.6. The van der Waals surface area contributed by atoms with Crippen LogP contribution in [0, 0.1) is 0 Å². The van der Waals surface area contributed by atoms with Gasteiger partial charge in [0.15, 0.2) is 0 Å². The fourth-order valence-corrected chi connectivity index (χ4v) is 3.84. The zero-order valence-electron chi connectivity index (χ0n) is 12.3. The van der Waals surface area contributed by atoms with Gasteiger partial charge >= 0.3 is 0 Å². The minimum atomic E-state index is -3.64. The maximum atomic E-state index is 12.3. The van der Waals surface area contributed by atoms with Crippen LogP contribution in [0.3, 0.4) is 0 Å². The molecule has 2 aromatic rings. The summed E-state index contributed by atoms with van der Waals surface area (Å²) in [5.41, 5.74) is 1.23. The number of sulfonamides is 1. The smallest absolute Gasteiger partial charge is 0.247 e. The quantitative estimate of drug-likeness (QED) is 0.939. The van der Waals surface area contributed by atoms with Gasteiger partial charge in [0.05, 0.1) is 4.90 Å². The van der Waals surface area contributed by atoms with E-state index in [0.29, 0.717) is 5.92 Å². The Morgan fingerprint density at radius 2 is 1.59 bits per heavy atom. The summed E-state index contributed by atoms with van der Waals surface area (Å²) in [6.45, 7) is 0. The molecule has 1 heterocycles. The van der Waals surface area contributed by atoms with Crippen LogP contribution in [0.1, 0.15) is 43.6 Å². The van der Waals surface area contributed by atoms with Gasteiger partial charge in [0.25, 0.3) is 10.0 Å². The van der Waals surface area contributed by atoms with Gasteiger partial charge in [0.2, 0.25) is 5.95 Å². The molecule has 0 aliphatic heterocycles. The summed E-state index contributed by atoms with van der Waals surface area (Å²) in [7, 11) is -3.64. The van der Waals surface area contributed by atoms with E-state index in [1.54, 1.807) is 18.2 Å². The van der Waals surface area contributed by atoms with Crippen molar-refractivity contribution in [3.05, 3.63) is 48.3 Å². The molecule has 0 radical (unpaired) electrons. The predicted octanol–water partition coefficient (Wildman–Crippen LogP) is 3.33. The Morgan fingerprint density at radius 1 is 0.955 bits per heavy atom. The molecule has 1 fully saturated rings. The minimum Gasteiger partial charge on any atom is -0.247 e. The van der Waals surface area contributed by atoms with Gasteiger partial charge in [-0.25, -0.2) is 23.1 Å². The normalized spacial score (nSPS) is 16.4. The third-order valence-corrected chi connectivity index (χ3v) is 5.40. The van der Waals surface area contributed by atoms with Crippen LogP contribution in [0.5, 0.6) is 0 Å². The van der Waals surface area contributed by atoms with Gasteiger partial charge in [0.1, 0.15) is 0 Å². The molecule has 1 aromatic carbocycles. The second kappa shape index (κ2) is 6.44. The number of rotatable bonds is 4. The van der Waals surface area contributed by atoms with Crippen LogP contribution in [-0.4, -0.2) is 18.4 Å². The lowest BCUT2D eigenvalue weighted by atomic mass is 9.84. The highest BCUT2D eigenvalue weighted by Gasteiger charge is 2.18. The van der Waals surface area contributed by atoms with Gasteiger partial charge < -0.3 is 0 Å². The van der Waals surface area contributed by atoms with Crippen molar-refractivity contribution in [2.75, 3.05) is 4.72 Å². The van der Waals surface area contributed by atoms with Crippen molar-refractivity contribution in [2.45, 2.75) is 42.9 Å². The molecule has 1 aromatic heterocycles. The SMILES string of the molecule is O=S(=O)(Nc1ncccn1)c1ccc(C2CCCCC2)cc1.